The smallest absolute Gasteiger partial charge is 0.416 e. The van der Waals surface area contributed by atoms with Gasteiger partial charge in [0.05, 0.1) is 18.5 Å². The molecule has 0 saturated heterocycles. The lowest BCUT2D eigenvalue weighted by Gasteiger charge is -2.07. The lowest BCUT2D eigenvalue weighted by Crippen LogP contribution is -2.17. The van der Waals surface area contributed by atoms with Gasteiger partial charge in [0.1, 0.15) is 11.5 Å². The van der Waals surface area contributed by atoms with Gasteiger partial charge in [-0.05, 0) is 24.3 Å². The summed E-state index contributed by atoms with van der Waals surface area (Å²) in [5, 5.41) is 11.4. The van der Waals surface area contributed by atoms with Crippen LogP contribution in [0.1, 0.15) is 17.7 Å². The third-order valence-electron chi connectivity index (χ3n) is 2.95. The van der Waals surface area contributed by atoms with E-state index in [-0.39, 0.29) is 13.0 Å². The van der Waals surface area contributed by atoms with Crippen LogP contribution in [-0.4, -0.2) is 17.6 Å². The van der Waals surface area contributed by atoms with E-state index in [1.807, 2.05) is 0 Å². The first-order valence-corrected chi connectivity index (χ1v) is 6.55. The Labute approximate surface area is 124 Å². The molecule has 1 aromatic carbocycles. The fourth-order valence-electron chi connectivity index (χ4n) is 1.88. The molecule has 0 bridgehead atoms. The van der Waals surface area contributed by atoms with Gasteiger partial charge in [0.25, 0.3) is 0 Å². The maximum absolute atomic E-state index is 12.7. The van der Waals surface area contributed by atoms with Gasteiger partial charge in [-0.25, -0.2) is 0 Å². The van der Waals surface area contributed by atoms with Gasteiger partial charge in [-0.3, -0.25) is 4.79 Å². The Bertz CT molecular complexity index is 649. The second-order valence-corrected chi connectivity index (χ2v) is 4.67. The first-order chi connectivity index (χ1) is 10.4. The molecule has 22 heavy (non-hydrogen) atoms. The van der Waals surface area contributed by atoms with E-state index in [2.05, 4.69) is 5.32 Å². The maximum Gasteiger partial charge on any atom is 0.416 e. The second-order valence-electron chi connectivity index (χ2n) is 4.67. The highest BCUT2D eigenvalue weighted by atomic mass is 19.4. The number of hydrogen-bond acceptors (Lipinski definition) is 3. The van der Waals surface area contributed by atoms with Gasteiger partial charge < -0.3 is 14.8 Å². The molecular formula is C15H14F3NO3. The van der Waals surface area contributed by atoms with E-state index in [1.54, 1.807) is 12.1 Å². The lowest BCUT2D eigenvalue weighted by atomic mass is 10.1. The Morgan fingerprint density at radius 3 is 2.68 bits per heavy atom. The van der Waals surface area contributed by atoms with Crippen molar-refractivity contribution in [2.45, 2.75) is 19.1 Å². The number of rotatable bonds is 6. The van der Waals surface area contributed by atoms with Gasteiger partial charge in [-0.15, -0.1) is 0 Å². The summed E-state index contributed by atoms with van der Waals surface area (Å²) in [7, 11) is 0. The predicted octanol–water partition coefficient (Wildman–Crippen LogP) is 3.53. The van der Waals surface area contributed by atoms with E-state index in [9.17, 15) is 18.0 Å². The van der Waals surface area contributed by atoms with Crippen molar-refractivity contribution < 1.29 is 27.5 Å². The Balaban J connectivity index is 2.03. The van der Waals surface area contributed by atoms with Crippen molar-refractivity contribution in [1.82, 2.24) is 5.32 Å². The van der Waals surface area contributed by atoms with Crippen LogP contribution in [0.5, 0.6) is 0 Å². The van der Waals surface area contributed by atoms with E-state index in [0.717, 1.165) is 12.1 Å². The third kappa shape index (κ3) is 4.36. The molecule has 0 radical (unpaired) electrons. The number of hydrogen-bond donors (Lipinski definition) is 2. The normalized spacial score (nSPS) is 11.6. The minimum atomic E-state index is -4.40. The number of alkyl halides is 3. The molecule has 0 spiro atoms. The second kappa shape index (κ2) is 6.65. The van der Waals surface area contributed by atoms with E-state index in [4.69, 9.17) is 9.52 Å². The molecule has 2 rings (SSSR count). The summed E-state index contributed by atoms with van der Waals surface area (Å²) in [6, 6.07) is 8.12. The maximum atomic E-state index is 12.7. The lowest BCUT2D eigenvalue weighted by molar-refractivity contribution is -0.138. The number of carboxylic acids is 1. The molecule has 0 fully saturated rings. The van der Waals surface area contributed by atoms with E-state index < -0.39 is 17.7 Å². The first-order valence-electron chi connectivity index (χ1n) is 6.55. The van der Waals surface area contributed by atoms with Crippen molar-refractivity contribution >= 4 is 5.97 Å². The van der Waals surface area contributed by atoms with Gasteiger partial charge in [-0.2, -0.15) is 13.2 Å². The van der Waals surface area contributed by atoms with Crippen LogP contribution < -0.4 is 5.32 Å². The van der Waals surface area contributed by atoms with E-state index in [1.165, 1.54) is 12.1 Å². The van der Waals surface area contributed by atoms with Crippen molar-refractivity contribution in [3.8, 4) is 11.3 Å². The minimum absolute atomic E-state index is 0.0127. The van der Waals surface area contributed by atoms with Crippen molar-refractivity contribution in [1.29, 1.82) is 0 Å². The van der Waals surface area contributed by atoms with Crippen LogP contribution in [-0.2, 0) is 17.5 Å². The van der Waals surface area contributed by atoms with Crippen molar-refractivity contribution in [2.75, 3.05) is 6.54 Å². The molecule has 0 atom stereocenters. The summed E-state index contributed by atoms with van der Waals surface area (Å²) in [6.07, 6.45) is -4.41. The van der Waals surface area contributed by atoms with Crippen LogP contribution in [0.4, 0.5) is 13.2 Å². The predicted molar refractivity (Wildman–Crippen MR) is 73.1 cm³/mol. The largest absolute Gasteiger partial charge is 0.481 e. The molecule has 1 aromatic heterocycles. The highest BCUT2D eigenvalue weighted by Gasteiger charge is 2.30. The molecule has 2 aromatic rings. The van der Waals surface area contributed by atoms with Gasteiger partial charge in [-0.1, -0.05) is 12.1 Å². The zero-order chi connectivity index (χ0) is 16.2. The number of halogens is 3. The fraction of sp³-hybridized carbons (Fsp3) is 0.267. The fourth-order valence-corrected chi connectivity index (χ4v) is 1.88. The summed E-state index contributed by atoms with van der Waals surface area (Å²) in [5.74, 6) is -0.0458. The molecule has 0 amide bonds. The summed E-state index contributed by atoms with van der Waals surface area (Å²) >= 11 is 0. The average molecular weight is 313 g/mol. The van der Waals surface area contributed by atoms with Crippen LogP contribution in [0.15, 0.2) is 40.8 Å². The van der Waals surface area contributed by atoms with Gasteiger partial charge in [0.15, 0.2) is 0 Å². The Morgan fingerprint density at radius 2 is 2.00 bits per heavy atom. The molecule has 1 heterocycles. The zero-order valence-corrected chi connectivity index (χ0v) is 11.5. The number of furan rings is 1. The van der Waals surface area contributed by atoms with Crippen LogP contribution in [0, 0.1) is 0 Å². The molecule has 0 unspecified atom stereocenters. The average Bonchev–Trinajstić information content (AvgIpc) is 2.91. The quantitative estimate of drug-likeness (QED) is 0.801. The molecule has 2 N–H and O–H groups in total. The standard InChI is InChI=1S/C15H14F3NO3/c16-15(17,18)11-3-1-2-10(8-11)13-5-4-12(22-13)9-19-7-6-14(20)21/h1-5,8,19H,6-7,9H2,(H,20,21). The highest BCUT2D eigenvalue weighted by molar-refractivity contribution is 5.66. The SMILES string of the molecule is O=C(O)CCNCc1ccc(-c2cccc(C(F)(F)F)c2)o1. The van der Waals surface area contributed by atoms with Crippen molar-refractivity contribution in [3.63, 3.8) is 0 Å². The molecule has 0 aliphatic heterocycles. The summed E-state index contributed by atoms with van der Waals surface area (Å²) < 4.78 is 43.5. The number of benzene rings is 1. The van der Waals surface area contributed by atoms with Gasteiger partial charge >= 0.3 is 12.1 Å². The monoisotopic (exact) mass is 313 g/mol. The minimum Gasteiger partial charge on any atom is -0.481 e. The number of carboxylic acid groups (broad SMARTS) is 1. The van der Waals surface area contributed by atoms with Gasteiger partial charge in [0, 0.05) is 12.1 Å². The highest BCUT2D eigenvalue weighted by Crippen LogP contribution is 2.32. The summed E-state index contributed by atoms with van der Waals surface area (Å²) in [5.41, 5.74) is -0.394. The number of aliphatic carboxylic acids is 1. The molecule has 0 saturated carbocycles. The van der Waals surface area contributed by atoms with Crippen LogP contribution in [0.25, 0.3) is 11.3 Å². The number of nitrogens with one attached hydrogen (secondary N) is 1. The first kappa shape index (κ1) is 16.1. The number of carbonyl (C=O) groups is 1. The van der Waals surface area contributed by atoms with E-state index >= 15 is 0 Å². The Kier molecular flexibility index (Phi) is 4.87. The third-order valence-corrected chi connectivity index (χ3v) is 2.95. The van der Waals surface area contributed by atoms with E-state index in [0.29, 0.717) is 23.6 Å². The Hall–Kier alpha value is -2.28. The van der Waals surface area contributed by atoms with Gasteiger partial charge in [0.2, 0.25) is 0 Å². The van der Waals surface area contributed by atoms with Crippen LogP contribution >= 0.6 is 0 Å². The van der Waals surface area contributed by atoms with Crippen LogP contribution in [0.2, 0.25) is 0 Å². The Morgan fingerprint density at radius 1 is 1.23 bits per heavy atom. The molecule has 118 valence electrons. The molecule has 7 heteroatoms. The van der Waals surface area contributed by atoms with Crippen LogP contribution in [0.3, 0.4) is 0 Å². The molecule has 0 aliphatic carbocycles. The molecule has 4 nitrogen and oxygen atoms in total. The zero-order valence-electron chi connectivity index (χ0n) is 11.5. The molecular weight excluding hydrogens is 299 g/mol. The topological polar surface area (TPSA) is 62.5 Å². The molecule has 0 aliphatic rings. The summed E-state index contributed by atoms with van der Waals surface area (Å²) in [6.45, 7) is 0.598. The van der Waals surface area contributed by atoms with Crippen molar-refractivity contribution in [3.05, 3.63) is 47.7 Å². The van der Waals surface area contributed by atoms with Crippen molar-refractivity contribution in [2.24, 2.45) is 0 Å². The summed E-state index contributed by atoms with van der Waals surface area (Å²) in [4.78, 5) is 10.4.